The van der Waals surface area contributed by atoms with Crippen molar-refractivity contribution in [2.75, 3.05) is 13.9 Å². The van der Waals surface area contributed by atoms with Crippen molar-refractivity contribution in [3.05, 3.63) is 25.7 Å². The molecule has 1 aromatic rings. The summed E-state index contributed by atoms with van der Waals surface area (Å²) in [4.78, 5) is 0. The number of hydrogen-bond acceptors (Lipinski definition) is 2. The summed E-state index contributed by atoms with van der Waals surface area (Å²) in [6.45, 7) is -0.0935. The number of methoxy groups -OCH3 is 1. The minimum absolute atomic E-state index is 0.0935. The van der Waals surface area contributed by atoms with E-state index in [0.717, 1.165) is 12.1 Å². The minimum Gasteiger partial charge on any atom is -0.466 e. The topological polar surface area (TPSA) is 18.5 Å². The van der Waals surface area contributed by atoms with Gasteiger partial charge < -0.3 is 9.47 Å². The van der Waals surface area contributed by atoms with Crippen LogP contribution in [0.2, 0.25) is 0 Å². The second kappa shape index (κ2) is 5.54. The maximum absolute atomic E-state index is 12.5. The lowest BCUT2D eigenvalue weighted by Crippen LogP contribution is -2.07. The molecule has 0 bridgehead atoms. The first-order chi connectivity index (χ1) is 7.36. The second-order valence-corrected chi connectivity index (χ2v) is 4.75. The molecule has 0 saturated heterocycles. The van der Waals surface area contributed by atoms with Crippen molar-refractivity contribution in [3.63, 3.8) is 0 Å². The molecule has 0 radical (unpaired) electrons. The van der Waals surface area contributed by atoms with E-state index in [0.29, 0.717) is 8.04 Å². The number of ether oxygens (including phenoxy) is 2. The molecule has 0 aliphatic heterocycles. The highest BCUT2D eigenvalue weighted by Crippen LogP contribution is 2.37. The van der Waals surface area contributed by atoms with Crippen LogP contribution >= 0.6 is 38.5 Å². The molecule has 0 N–H and O–H groups in total. The van der Waals surface area contributed by atoms with Gasteiger partial charge in [0.15, 0.2) is 6.79 Å². The van der Waals surface area contributed by atoms with Crippen molar-refractivity contribution < 1.29 is 22.6 Å². The molecule has 0 amide bonds. The van der Waals surface area contributed by atoms with Crippen LogP contribution in [-0.4, -0.2) is 13.9 Å². The molecule has 90 valence electrons. The van der Waals surface area contributed by atoms with Crippen LogP contribution < -0.4 is 4.74 Å². The minimum atomic E-state index is -4.39. The van der Waals surface area contributed by atoms with E-state index in [-0.39, 0.29) is 12.5 Å². The van der Waals surface area contributed by atoms with E-state index in [4.69, 9.17) is 4.74 Å². The van der Waals surface area contributed by atoms with Gasteiger partial charge in [-0.25, -0.2) is 0 Å². The second-order valence-electron chi connectivity index (χ2n) is 2.82. The maximum Gasteiger partial charge on any atom is 0.416 e. The zero-order valence-corrected chi connectivity index (χ0v) is 11.8. The van der Waals surface area contributed by atoms with E-state index >= 15 is 0 Å². The fourth-order valence-corrected chi connectivity index (χ4v) is 1.86. The summed E-state index contributed by atoms with van der Waals surface area (Å²) in [6.07, 6.45) is -4.39. The summed E-state index contributed by atoms with van der Waals surface area (Å²) in [7, 11) is 1.40. The molecule has 2 nitrogen and oxygen atoms in total. The number of alkyl halides is 3. The summed E-state index contributed by atoms with van der Waals surface area (Å²) in [5.74, 6) is 0.143. The smallest absolute Gasteiger partial charge is 0.416 e. The van der Waals surface area contributed by atoms with Gasteiger partial charge in [-0.1, -0.05) is 0 Å². The van der Waals surface area contributed by atoms with E-state index in [9.17, 15) is 13.2 Å². The molecule has 7 heteroatoms. The van der Waals surface area contributed by atoms with Gasteiger partial charge in [0.2, 0.25) is 0 Å². The normalized spacial score (nSPS) is 11.6. The highest BCUT2D eigenvalue weighted by Gasteiger charge is 2.32. The van der Waals surface area contributed by atoms with Crippen LogP contribution in [-0.2, 0) is 10.9 Å². The predicted octanol–water partition coefficient (Wildman–Crippen LogP) is 4.06. The Labute approximate surface area is 112 Å². The highest BCUT2D eigenvalue weighted by molar-refractivity contribution is 14.1. The highest BCUT2D eigenvalue weighted by atomic mass is 127. The fourth-order valence-electron chi connectivity index (χ4n) is 0.955. The van der Waals surface area contributed by atoms with Crippen molar-refractivity contribution in [2.24, 2.45) is 0 Å². The van der Waals surface area contributed by atoms with E-state index in [1.807, 2.05) is 22.6 Å². The van der Waals surface area contributed by atoms with Gasteiger partial charge in [-0.05, 0) is 50.7 Å². The molecular weight excluding hydrogens is 404 g/mol. The Kier molecular flexibility index (Phi) is 4.87. The third-order valence-corrected chi connectivity index (χ3v) is 4.13. The number of benzene rings is 1. The van der Waals surface area contributed by atoms with Crippen molar-refractivity contribution in [1.29, 1.82) is 0 Å². The monoisotopic (exact) mass is 410 g/mol. The SMILES string of the molecule is COCOc1cc(C(F)(F)F)cc(Br)c1I. The van der Waals surface area contributed by atoms with Crippen molar-refractivity contribution in [3.8, 4) is 5.75 Å². The Hall–Kier alpha value is -0.0200. The standard InChI is InChI=1S/C9H7BrF3IO2/c1-15-4-16-7-3-5(9(11,12)13)2-6(10)8(7)14/h2-3H,4H2,1H3. The molecule has 1 rings (SSSR count). The van der Waals surface area contributed by atoms with Crippen LogP contribution in [0.25, 0.3) is 0 Å². The summed E-state index contributed by atoms with van der Waals surface area (Å²) in [5.41, 5.74) is -0.758. The molecule has 0 aliphatic rings. The van der Waals surface area contributed by atoms with Gasteiger partial charge >= 0.3 is 6.18 Å². The van der Waals surface area contributed by atoms with Crippen LogP contribution in [0.5, 0.6) is 5.75 Å². The number of rotatable bonds is 3. The Bertz CT molecular complexity index is 382. The lowest BCUT2D eigenvalue weighted by atomic mass is 10.2. The number of halogens is 5. The van der Waals surface area contributed by atoms with Gasteiger partial charge in [-0.15, -0.1) is 0 Å². The maximum atomic E-state index is 12.5. The lowest BCUT2D eigenvalue weighted by molar-refractivity contribution is -0.137. The Morgan fingerprint density at radius 2 is 2.00 bits per heavy atom. The van der Waals surface area contributed by atoms with Crippen molar-refractivity contribution >= 4 is 38.5 Å². The average Bonchev–Trinajstić information content (AvgIpc) is 2.18. The summed E-state index contributed by atoms with van der Waals surface area (Å²) in [5, 5.41) is 0. The molecule has 0 heterocycles. The molecule has 0 fully saturated rings. The van der Waals surface area contributed by atoms with Gasteiger partial charge in [0.05, 0.1) is 9.13 Å². The fraction of sp³-hybridized carbons (Fsp3) is 0.333. The first-order valence-corrected chi connectivity index (χ1v) is 5.91. The van der Waals surface area contributed by atoms with Crippen LogP contribution in [0, 0.1) is 3.57 Å². The first-order valence-electron chi connectivity index (χ1n) is 4.04. The van der Waals surface area contributed by atoms with Crippen LogP contribution in [0.15, 0.2) is 16.6 Å². The molecule has 1 aromatic carbocycles. The molecule has 0 aliphatic carbocycles. The van der Waals surface area contributed by atoms with Crippen LogP contribution in [0.3, 0.4) is 0 Å². The van der Waals surface area contributed by atoms with Gasteiger partial charge in [0, 0.05) is 11.6 Å². The quantitative estimate of drug-likeness (QED) is 0.552. The molecule has 0 saturated carbocycles. The van der Waals surface area contributed by atoms with E-state index < -0.39 is 11.7 Å². The Balaban J connectivity index is 3.12. The van der Waals surface area contributed by atoms with Crippen molar-refractivity contribution in [2.45, 2.75) is 6.18 Å². The largest absolute Gasteiger partial charge is 0.466 e. The molecule has 16 heavy (non-hydrogen) atoms. The summed E-state index contributed by atoms with van der Waals surface area (Å²) < 4.78 is 48.1. The summed E-state index contributed by atoms with van der Waals surface area (Å²) in [6, 6.07) is 1.97. The first kappa shape index (κ1) is 14.0. The van der Waals surface area contributed by atoms with E-state index in [1.54, 1.807) is 0 Å². The summed E-state index contributed by atoms with van der Waals surface area (Å²) >= 11 is 4.95. The zero-order valence-electron chi connectivity index (χ0n) is 8.07. The molecule has 0 spiro atoms. The average molecular weight is 411 g/mol. The van der Waals surface area contributed by atoms with Crippen LogP contribution in [0.4, 0.5) is 13.2 Å². The van der Waals surface area contributed by atoms with Gasteiger partial charge in [0.1, 0.15) is 5.75 Å². The third-order valence-electron chi connectivity index (χ3n) is 1.65. The Morgan fingerprint density at radius 3 is 2.50 bits per heavy atom. The lowest BCUT2D eigenvalue weighted by Gasteiger charge is -2.13. The van der Waals surface area contributed by atoms with Gasteiger partial charge in [0.25, 0.3) is 0 Å². The van der Waals surface area contributed by atoms with E-state index in [1.165, 1.54) is 7.11 Å². The molecule has 0 unspecified atom stereocenters. The third kappa shape index (κ3) is 3.49. The zero-order chi connectivity index (χ0) is 12.3. The van der Waals surface area contributed by atoms with Gasteiger partial charge in [-0.2, -0.15) is 13.2 Å². The molecule has 0 atom stereocenters. The van der Waals surface area contributed by atoms with Crippen molar-refractivity contribution in [1.82, 2.24) is 0 Å². The van der Waals surface area contributed by atoms with Crippen LogP contribution in [0.1, 0.15) is 5.56 Å². The van der Waals surface area contributed by atoms with E-state index in [2.05, 4.69) is 20.7 Å². The van der Waals surface area contributed by atoms with Gasteiger partial charge in [-0.3, -0.25) is 0 Å². The molecular formula is C9H7BrF3IO2. The Morgan fingerprint density at radius 1 is 1.38 bits per heavy atom. The molecule has 0 aromatic heterocycles. The number of hydrogen-bond donors (Lipinski definition) is 0. The predicted molar refractivity (Wildman–Crippen MR) is 64.4 cm³/mol.